The lowest BCUT2D eigenvalue weighted by Gasteiger charge is -1.95. The van der Waals surface area contributed by atoms with E-state index in [2.05, 4.69) is 19.9 Å². The molecule has 0 saturated carbocycles. The summed E-state index contributed by atoms with van der Waals surface area (Å²) >= 11 is 0. The fourth-order valence-corrected chi connectivity index (χ4v) is 0.877. The maximum Gasteiger partial charge on any atom is 0.269 e. The minimum Gasteiger partial charge on any atom is -0.364 e. The Labute approximate surface area is 72.9 Å². The van der Waals surface area contributed by atoms with Gasteiger partial charge in [0.1, 0.15) is 5.69 Å². The van der Waals surface area contributed by atoms with Crippen molar-refractivity contribution in [2.75, 3.05) is 0 Å². The molecule has 64 valence electrons. The molecule has 2 aromatic heterocycles. The first kappa shape index (κ1) is 7.53. The van der Waals surface area contributed by atoms with Crippen LogP contribution < -0.4 is 5.73 Å². The molecular weight excluding hydrogens is 170 g/mol. The molecule has 0 aliphatic rings. The Hall–Kier alpha value is -2.11. The van der Waals surface area contributed by atoms with Gasteiger partial charge in [0.25, 0.3) is 5.91 Å². The van der Waals surface area contributed by atoms with Crippen molar-refractivity contribution in [3.05, 3.63) is 24.3 Å². The molecule has 0 fully saturated rings. The van der Waals surface area contributed by atoms with E-state index in [0.29, 0.717) is 11.3 Å². The Morgan fingerprint density at radius 3 is 2.54 bits per heavy atom. The van der Waals surface area contributed by atoms with E-state index in [9.17, 15) is 4.79 Å². The van der Waals surface area contributed by atoms with Crippen molar-refractivity contribution in [3.8, 4) is 0 Å². The van der Waals surface area contributed by atoms with Crippen LogP contribution in [0.15, 0.2) is 18.6 Å². The van der Waals surface area contributed by atoms with Crippen LogP contribution in [0, 0.1) is 0 Å². The highest BCUT2D eigenvalue weighted by Gasteiger charge is 2.04. The molecule has 2 rings (SSSR count). The third-order valence-electron chi connectivity index (χ3n) is 1.45. The predicted molar refractivity (Wildman–Crippen MR) is 43.6 cm³/mol. The van der Waals surface area contributed by atoms with Gasteiger partial charge in [0.05, 0.1) is 6.20 Å². The van der Waals surface area contributed by atoms with Crippen LogP contribution >= 0.6 is 0 Å². The highest BCUT2D eigenvalue weighted by molar-refractivity contribution is 5.91. The maximum atomic E-state index is 10.7. The number of nitrogens with zero attached hydrogens (tertiary/aromatic N) is 4. The molecule has 0 bridgehead atoms. The van der Waals surface area contributed by atoms with Gasteiger partial charge in [0.2, 0.25) is 0 Å². The van der Waals surface area contributed by atoms with Gasteiger partial charge in [0, 0.05) is 12.4 Å². The maximum absolute atomic E-state index is 10.7. The highest BCUT2D eigenvalue weighted by atomic mass is 16.1. The molecule has 0 radical (unpaired) electrons. The summed E-state index contributed by atoms with van der Waals surface area (Å²) in [5.41, 5.74) is 5.82. The number of carbonyl (C=O) groups excluding carboxylic acids is 1. The molecule has 0 spiro atoms. The van der Waals surface area contributed by atoms with Gasteiger partial charge < -0.3 is 5.73 Å². The van der Waals surface area contributed by atoms with Crippen LogP contribution in [0.25, 0.3) is 11.3 Å². The number of hydrogen-bond donors (Lipinski definition) is 1. The van der Waals surface area contributed by atoms with Crippen LogP contribution in [0.2, 0.25) is 0 Å². The summed E-state index contributed by atoms with van der Waals surface area (Å²) in [5.74, 6) is -0.625. The zero-order valence-electron chi connectivity index (χ0n) is 6.51. The van der Waals surface area contributed by atoms with Gasteiger partial charge in [-0.2, -0.15) is 0 Å². The number of carbonyl (C=O) groups is 1. The number of fused-ring (bicyclic) bond motifs is 1. The predicted octanol–water partition coefficient (Wildman–Crippen LogP) is -0.481. The van der Waals surface area contributed by atoms with Crippen LogP contribution in [0.4, 0.5) is 0 Å². The van der Waals surface area contributed by atoms with E-state index in [1.807, 2.05) is 0 Å². The van der Waals surface area contributed by atoms with Crippen molar-refractivity contribution in [1.29, 1.82) is 0 Å². The summed E-state index contributed by atoms with van der Waals surface area (Å²) in [4.78, 5) is 26.2. The van der Waals surface area contributed by atoms with E-state index in [1.54, 1.807) is 0 Å². The lowest BCUT2D eigenvalue weighted by molar-refractivity contribution is 0.0995. The first-order valence-electron chi connectivity index (χ1n) is 3.51. The molecule has 0 saturated heterocycles. The van der Waals surface area contributed by atoms with Gasteiger partial charge in [-0.15, -0.1) is 0 Å². The fraction of sp³-hybridized carbons (Fsp3) is 0. The SMILES string of the molecule is NC(=O)c1cnc2nccnc2n1. The van der Waals surface area contributed by atoms with E-state index in [0.717, 1.165) is 0 Å². The third-order valence-corrected chi connectivity index (χ3v) is 1.45. The minimum atomic E-state index is -0.625. The molecule has 0 atom stereocenters. The van der Waals surface area contributed by atoms with Crippen LogP contribution in [-0.2, 0) is 0 Å². The highest BCUT2D eigenvalue weighted by Crippen LogP contribution is 2.01. The average Bonchev–Trinajstić information content (AvgIpc) is 2.17. The van der Waals surface area contributed by atoms with Crippen LogP contribution in [-0.4, -0.2) is 25.8 Å². The Morgan fingerprint density at radius 1 is 1.15 bits per heavy atom. The lowest BCUT2D eigenvalue weighted by atomic mass is 10.4. The number of primary amides is 1. The second-order valence-corrected chi connectivity index (χ2v) is 2.32. The number of rotatable bonds is 1. The number of amides is 1. The van der Waals surface area contributed by atoms with Crippen LogP contribution in [0.3, 0.4) is 0 Å². The van der Waals surface area contributed by atoms with E-state index < -0.39 is 5.91 Å². The second kappa shape index (κ2) is 2.74. The van der Waals surface area contributed by atoms with Gasteiger partial charge in [-0.1, -0.05) is 0 Å². The van der Waals surface area contributed by atoms with Crippen LogP contribution in [0.1, 0.15) is 10.5 Å². The summed E-state index contributed by atoms with van der Waals surface area (Å²) < 4.78 is 0. The third kappa shape index (κ3) is 1.28. The smallest absolute Gasteiger partial charge is 0.269 e. The Morgan fingerprint density at radius 2 is 1.85 bits per heavy atom. The summed E-state index contributed by atoms with van der Waals surface area (Å²) in [6, 6.07) is 0. The van der Waals surface area contributed by atoms with Gasteiger partial charge in [-0.05, 0) is 0 Å². The Bertz CT molecular complexity index is 469. The summed E-state index contributed by atoms with van der Waals surface area (Å²) in [5, 5.41) is 0. The molecule has 0 aliphatic heterocycles. The zero-order chi connectivity index (χ0) is 9.26. The summed E-state index contributed by atoms with van der Waals surface area (Å²) in [6.07, 6.45) is 4.25. The molecule has 0 aliphatic carbocycles. The monoisotopic (exact) mass is 175 g/mol. The largest absolute Gasteiger partial charge is 0.364 e. The number of aromatic nitrogens is 4. The number of nitrogens with two attached hydrogens (primary N) is 1. The Kier molecular flexibility index (Phi) is 1.59. The van der Waals surface area contributed by atoms with Gasteiger partial charge >= 0.3 is 0 Å². The fourth-order valence-electron chi connectivity index (χ4n) is 0.877. The van der Waals surface area contributed by atoms with Crippen molar-refractivity contribution in [3.63, 3.8) is 0 Å². The van der Waals surface area contributed by atoms with Crippen LogP contribution in [0.5, 0.6) is 0 Å². The Balaban J connectivity index is 2.69. The first-order valence-corrected chi connectivity index (χ1v) is 3.51. The van der Waals surface area contributed by atoms with Crippen molar-refractivity contribution in [2.24, 2.45) is 5.73 Å². The van der Waals surface area contributed by atoms with E-state index in [4.69, 9.17) is 5.73 Å². The average molecular weight is 175 g/mol. The van der Waals surface area contributed by atoms with E-state index >= 15 is 0 Å². The first-order chi connectivity index (χ1) is 6.27. The molecule has 2 N–H and O–H groups in total. The molecule has 13 heavy (non-hydrogen) atoms. The molecule has 6 heteroatoms. The van der Waals surface area contributed by atoms with E-state index in [1.165, 1.54) is 18.6 Å². The van der Waals surface area contributed by atoms with E-state index in [-0.39, 0.29) is 5.69 Å². The quantitative estimate of drug-likeness (QED) is 0.631. The molecule has 1 amide bonds. The molecule has 6 nitrogen and oxygen atoms in total. The van der Waals surface area contributed by atoms with Crippen molar-refractivity contribution < 1.29 is 4.79 Å². The summed E-state index contributed by atoms with van der Waals surface area (Å²) in [6.45, 7) is 0. The van der Waals surface area contributed by atoms with Crippen molar-refractivity contribution in [2.45, 2.75) is 0 Å². The van der Waals surface area contributed by atoms with Crippen molar-refractivity contribution >= 4 is 17.2 Å². The molecule has 2 aromatic rings. The van der Waals surface area contributed by atoms with Gasteiger partial charge in [0.15, 0.2) is 11.3 Å². The van der Waals surface area contributed by atoms with Gasteiger partial charge in [-0.3, -0.25) is 4.79 Å². The summed E-state index contributed by atoms with van der Waals surface area (Å²) in [7, 11) is 0. The van der Waals surface area contributed by atoms with Crippen molar-refractivity contribution in [1.82, 2.24) is 19.9 Å². The molecule has 0 unspecified atom stereocenters. The number of hydrogen-bond acceptors (Lipinski definition) is 5. The molecule has 0 aromatic carbocycles. The second-order valence-electron chi connectivity index (χ2n) is 2.32. The standard InChI is InChI=1S/C7H5N5O/c8-5(13)4-3-11-6-7(12-4)10-2-1-9-6/h1-3H,(H2,8,13). The van der Waals surface area contributed by atoms with Gasteiger partial charge in [-0.25, -0.2) is 19.9 Å². The zero-order valence-corrected chi connectivity index (χ0v) is 6.51. The minimum absolute atomic E-state index is 0.0907. The molecular formula is C7H5N5O. The topological polar surface area (TPSA) is 94.7 Å². The normalized spacial score (nSPS) is 10.2. The lowest BCUT2D eigenvalue weighted by Crippen LogP contribution is -2.13. The molecule has 2 heterocycles.